The van der Waals surface area contributed by atoms with Gasteiger partial charge in [-0.1, -0.05) is 86.7 Å². The van der Waals surface area contributed by atoms with Gasteiger partial charge in [-0.15, -0.1) is 0 Å². The minimum absolute atomic E-state index is 0.0702. The molecule has 0 N–H and O–H groups in total. The number of nitrogens with zero attached hydrogens (tertiary/aromatic N) is 3. The Labute approximate surface area is 239 Å². The van der Waals surface area contributed by atoms with E-state index >= 15 is 0 Å². The lowest BCUT2D eigenvalue weighted by molar-refractivity contribution is -0.134. The summed E-state index contributed by atoms with van der Waals surface area (Å²) < 4.78 is 15.6. The van der Waals surface area contributed by atoms with Crippen molar-refractivity contribution in [1.82, 2.24) is 14.5 Å². The molecule has 0 spiro atoms. The molecule has 1 heterocycles. The number of hydrogen-bond acceptors (Lipinski definition) is 3. The SMILES string of the molecule is CCC(c1nc2ccccc2c(=O)n1-c1ccc(F)c(Cl)c1)N(CCc1ccccc1)C(=O)CCC1CCCC1. The first-order valence-electron chi connectivity index (χ1n) is 14.3. The minimum atomic E-state index is -0.563. The molecule has 1 atom stereocenters. The number of halogens is 2. The van der Waals surface area contributed by atoms with Crippen molar-refractivity contribution in [2.24, 2.45) is 5.92 Å². The molecule has 5 rings (SSSR count). The Kier molecular flexibility index (Phi) is 8.95. The third-order valence-electron chi connectivity index (χ3n) is 8.07. The summed E-state index contributed by atoms with van der Waals surface area (Å²) in [6, 6.07) is 21.1. The Morgan fingerprint density at radius 1 is 1.07 bits per heavy atom. The monoisotopic (exact) mass is 559 g/mol. The fourth-order valence-electron chi connectivity index (χ4n) is 5.91. The summed E-state index contributed by atoms with van der Waals surface area (Å²) in [5.74, 6) is 0.558. The molecule has 5 nitrogen and oxygen atoms in total. The zero-order valence-corrected chi connectivity index (χ0v) is 23.6. The Bertz CT molecular complexity index is 1530. The van der Waals surface area contributed by atoms with Crippen LogP contribution in [-0.4, -0.2) is 26.9 Å². The number of carbonyl (C=O) groups is 1. The van der Waals surface area contributed by atoms with Gasteiger partial charge in [-0.2, -0.15) is 0 Å². The molecule has 7 heteroatoms. The molecule has 4 aromatic rings. The van der Waals surface area contributed by atoms with Gasteiger partial charge in [0.15, 0.2) is 0 Å². The maximum absolute atomic E-state index is 14.1. The standard InChI is InChI=1S/C33H35ClFN3O2/c1-2-30(37(21-20-24-10-4-3-5-11-24)31(39)19-16-23-12-6-7-13-23)32-36-29-15-9-8-14-26(29)33(40)38(32)25-17-18-28(35)27(34)22-25/h3-5,8-11,14-15,17-18,22-23,30H,2,6-7,12-13,16,19-21H2,1H3. The van der Waals surface area contributed by atoms with Gasteiger partial charge in [-0.25, -0.2) is 9.37 Å². The zero-order chi connectivity index (χ0) is 28.1. The van der Waals surface area contributed by atoms with Crippen LogP contribution < -0.4 is 5.56 Å². The second kappa shape index (κ2) is 12.8. The molecule has 40 heavy (non-hydrogen) atoms. The van der Waals surface area contributed by atoms with Crippen LogP contribution in [0.15, 0.2) is 77.6 Å². The fraction of sp³-hybridized carbons (Fsp3) is 0.364. The van der Waals surface area contributed by atoms with E-state index in [4.69, 9.17) is 16.6 Å². The molecule has 1 saturated carbocycles. The molecule has 1 aliphatic rings. The average Bonchev–Trinajstić information content (AvgIpc) is 3.50. The van der Waals surface area contributed by atoms with Gasteiger partial charge in [-0.05, 0) is 61.1 Å². The van der Waals surface area contributed by atoms with E-state index in [1.54, 1.807) is 12.1 Å². The van der Waals surface area contributed by atoms with Crippen molar-refractivity contribution in [2.45, 2.75) is 64.3 Å². The van der Waals surface area contributed by atoms with Crippen LogP contribution in [0.5, 0.6) is 0 Å². The molecule has 208 valence electrons. The summed E-state index contributed by atoms with van der Waals surface area (Å²) >= 11 is 6.16. The summed E-state index contributed by atoms with van der Waals surface area (Å²) in [6.07, 6.45) is 7.44. The highest BCUT2D eigenvalue weighted by atomic mass is 35.5. The largest absolute Gasteiger partial charge is 0.332 e. The van der Waals surface area contributed by atoms with E-state index in [-0.39, 0.29) is 16.5 Å². The Balaban J connectivity index is 1.59. The van der Waals surface area contributed by atoms with Crippen LogP contribution in [0, 0.1) is 11.7 Å². The molecule has 0 saturated heterocycles. The van der Waals surface area contributed by atoms with Crippen LogP contribution in [0.3, 0.4) is 0 Å². The highest BCUT2D eigenvalue weighted by Crippen LogP contribution is 2.31. The number of carbonyl (C=O) groups excluding carboxylic acids is 1. The molecular weight excluding hydrogens is 525 g/mol. The molecular formula is C33H35ClFN3O2. The van der Waals surface area contributed by atoms with Crippen LogP contribution in [0.2, 0.25) is 5.02 Å². The summed E-state index contributed by atoms with van der Waals surface area (Å²) in [7, 11) is 0. The van der Waals surface area contributed by atoms with Crippen LogP contribution in [0.1, 0.15) is 69.3 Å². The molecule has 1 unspecified atom stereocenters. The number of aromatic nitrogens is 2. The molecule has 1 fully saturated rings. The second-order valence-corrected chi connectivity index (χ2v) is 11.1. The lowest BCUT2D eigenvalue weighted by Gasteiger charge is -2.33. The van der Waals surface area contributed by atoms with Crippen molar-refractivity contribution in [3.05, 3.63) is 105 Å². The number of benzene rings is 3. The summed E-state index contributed by atoms with van der Waals surface area (Å²) in [4.78, 5) is 34.7. The average molecular weight is 560 g/mol. The van der Waals surface area contributed by atoms with E-state index in [1.807, 2.05) is 42.2 Å². The van der Waals surface area contributed by atoms with E-state index in [0.717, 1.165) is 12.0 Å². The predicted molar refractivity (Wildman–Crippen MR) is 158 cm³/mol. The molecule has 3 aromatic carbocycles. The van der Waals surface area contributed by atoms with Gasteiger partial charge in [0.1, 0.15) is 11.6 Å². The second-order valence-electron chi connectivity index (χ2n) is 10.7. The number of fused-ring (bicyclic) bond motifs is 1. The highest BCUT2D eigenvalue weighted by molar-refractivity contribution is 6.30. The van der Waals surface area contributed by atoms with Gasteiger partial charge < -0.3 is 4.90 Å². The maximum atomic E-state index is 14.1. The first-order valence-corrected chi connectivity index (χ1v) is 14.6. The minimum Gasteiger partial charge on any atom is -0.332 e. The quantitative estimate of drug-likeness (QED) is 0.200. The number of para-hydroxylation sites is 1. The zero-order valence-electron chi connectivity index (χ0n) is 22.9. The van der Waals surface area contributed by atoms with Crippen molar-refractivity contribution in [3.63, 3.8) is 0 Å². The van der Waals surface area contributed by atoms with Gasteiger partial charge in [0.25, 0.3) is 5.56 Å². The molecule has 1 aliphatic carbocycles. The molecule has 0 radical (unpaired) electrons. The van der Waals surface area contributed by atoms with E-state index in [0.29, 0.717) is 54.1 Å². The lowest BCUT2D eigenvalue weighted by Crippen LogP contribution is -2.39. The molecule has 1 aromatic heterocycles. The first kappa shape index (κ1) is 28.0. The molecule has 0 bridgehead atoms. The first-order chi connectivity index (χ1) is 19.5. The topological polar surface area (TPSA) is 55.2 Å². The Morgan fingerprint density at radius 2 is 1.80 bits per heavy atom. The number of amides is 1. The van der Waals surface area contributed by atoms with Gasteiger partial charge in [0.2, 0.25) is 5.91 Å². The number of rotatable bonds is 10. The molecule has 0 aliphatic heterocycles. The smallest absolute Gasteiger partial charge is 0.266 e. The van der Waals surface area contributed by atoms with Crippen LogP contribution in [0.25, 0.3) is 16.6 Å². The maximum Gasteiger partial charge on any atom is 0.266 e. The van der Waals surface area contributed by atoms with Crippen LogP contribution in [-0.2, 0) is 11.2 Å². The summed E-state index contributed by atoms with van der Waals surface area (Å²) in [5.41, 5.74) is 1.85. The van der Waals surface area contributed by atoms with Crippen molar-refractivity contribution in [1.29, 1.82) is 0 Å². The van der Waals surface area contributed by atoms with Crippen molar-refractivity contribution in [3.8, 4) is 5.69 Å². The van der Waals surface area contributed by atoms with Gasteiger partial charge in [-0.3, -0.25) is 14.2 Å². The third-order valence-corrected chi connectivity index (χ3v) is 8.36. The van der Waals surface area contributed by atoms with Crippen molar-refractivity contribution in [2.75, 3.05) is 6.54 Å². The fourth-order valence-corrected chi connectivity index (χ4v) is 6.08. The van der Waals surface area contributed by atoms with E-state index < -0.39 is 11.9 Å². The Hall–Kier alpha value is -3.51. The summed E-state index contributed by atoms with van der Waals surface area (Å²) in [6.45, 7) is 2.51. The lowest BCUT2D eigenvalue weighted by atomic mass is 10.0. The molecule has 1 amide bonds. The van der Waals surface area contributed by atoms with Gasteiger partial charge in [0.05, 0.1) is 27.7 Å². The Morgan fingerprint density at radius 3 is 2.52 bits per heavy atom. The van der Waals surface area contributed by atoms with Gasteiger partial charge in [0, 0.05) is 13.0 Å². The van der Waals surface area contributed by atoms with E-state index in [9.17, 15) is 14.0 Å². The van der Waals surface area contributed by atoms with Gasteiger partial charge >= 0.3 is 0 Å². The van der Waals surface area contributed by atoms with E-state index in [1.165, 1.54) is 48.4 Å². The normalized spacial score (nSPS) is 14.5. The predicted octanol–water partition coefficient (Wildman–Crippen LogP) is 7.67. The van der Waals surface area contributed by atoms with Crippen molar-refractivity contribution >= 4 is 28.4 Å². The highest BCUT2D eigenvalue weighted by Gasteiger charge is 2.30. The third kappa shape index (κ3) is 6.12. The van der Waals surface area contributed by atoms with Crippen LogP contribution in [0.4, 0.5) is 4.39 Å². The van der Waals surface area contributed by atoms with E-state index in [2.05, 4.69) is 12.1 Å². The summed E-state index contributed by atoms with van der Waals surface area (Å²) in [5, 5.41) is 0.370. The van der Waals surface area contributed by atoms with Crippen LogP contribution >= 0.6 is 11.6 Å². The number of hydrogen-bond donors (Lipinski definition) is 0. The van der Waals surface area contributed by atoms with Crippen molar-refractivity contribution < 1.29 is 9.18 Å².